The van der Waals surface area contributed by atoms with Crippen LogP contribution in [0.2, 0.25) is 0 Å². The van der Waals surface area contributed by atoms with Crippen molar-refractivity contribution in [2.45, 2.75) is 25.7 Å². The van der Waals surface area contributed by atoms with Gasteiger partial charge in [0.05, 0.1) is 7.11 Å². The summed E-state index contributed by atoms with van der Waals surface area (Å²) in [5.41, 5.74) is 2.31. The number of hydrogen-bond donors (Lipinski definition) is 0. The van der Waals surface area contributed by atoms with Gasteiger partial charge >= 0.3 is 0 Å². The molecule has 0 N–H and O–H groups in total. The fourth-order valence-electron chi connectivity index (χ4n) is 4.43. The van der Waals surface area contributed by atoms with Gasteiger partial charge in [0, 0.05) is 12.0 Å². The van der Waals surface area contributed by atoms with E-state index in [1.807, 2.05) is 12.1 Å². The Morgan fingerprint density at radius 1 is 1.26 bits per heavy atom. The van der Waals surface area contributed by atoms with E-state index in [9.17, 15) is 4.79 Å². The first-order valence-corrected chi connectivity index (χ1v) is 7.09. The zero-order valence-electron chi connectivity index (χ0n) is 11.2. The van der Waals surface area contributed by atoms with E-state index >= 15 is 0 Å². The van der Waals surface area contributed by atoms with Gasteiger partial charge in [0.2, 0.25) is 0 Å². The van der Waals surface area contributed by atoms with Crippen molar-refractivity contribution in [3.63, 3.8) is 0 Å². The average molecular weight is 254 g/mol. The molecule has 1 saturated carbocycles. The number of ether oxygens (including phenoxy) is 1. The summed E-state index contributed by atoms with van der Waals surface area (Å²) in [5.74, 6) is 2.51. The van der Waals surface area contributed by atoms with Crippen LogP contribution >= 0.6 is 0 Å². The van der Waals surface area contributed by atoms with Crippen molar-refractivity contribution in [1.82, 2.24) is 0 Å². The smallest absolute Gasteiger partial charge is 0.163 e. The van der Waals surface area contributed by atoms with Gasteiger partial charge in [-0.15, -0.1) is 0 Å². The van der Waals surface area contributed by atoms with Gasteiger partial charge < -0.3 is 4.74 Å². The van der Waals surface area contributed by atoms with E-state index in [1.165, 1.54) is 18.4 Å². The Kier molecular flexibility index (Phi) is 2.21. The molecule has 3 aliphatic carbocycles. The molecule has 0 saturated heterocycles. The van der Waals surface area contributed by atoms with Gasteiger partial charge in [-0.25, -0.2) is 0 Å². The van der Waals surface area contributed by atoms with Crippen LogP contribution in [-0.2, 0) is 6.42 Å². The SMILES string of the molecule is COc1ccc2c(c1)CC1(CC2=O)CC2C=CC1C2. The van der Waals surface area contributed by atoms with E-state index in [4.69, 9.17) is 4.74 Å². The van der Waals surface area contributed by atoms with Crippen molar-refractivity contribution in [1.29, 1.82) is 0 Å². The minimum Gasteiger partial charge on any atom is -0.497 e. The second-order valence-electron chi connectivity index (χ2n) is 6.35. The summed E-state index contributed by atoms with van der Waals surface area (Å²) in [6.07, 6.45) is 8.92. The average Bonchev–Trinajstić information content (AvgIpc) is 2.98. The minimum absolute atomic E-state index is 0.204. The number of carbonyl (C=O) groups is 1. The van der Waals surface area contributed by atoms with Crippen LogP contribution < -0.4 is 4.74 Å². The van der Waals surface area contributed by atoms with E-state index in [1.54, 1.807) is 7.11 Å². The fraction of sp³-hybridized carbons (Fsp3) is 0.471. The lowest BCUT2D eigenvalue weighted by Crippen LogP contribution is -2.35. The predicted octanol–water partition coefficient (Wildman–Crippen LogP) is 3.41. The molecule has 1 aromatic carbocycles. The van der Waals surface area contributed by atoms with Crippen molar-refractivity contribution in [2.75, 3.05) is 7.11 Å². The van der Waals surface area contributed by atoms with E-state index < -0.39 is 0 Å². The quantitative estimate of drug-likeness (QED) is 0.718. The zero-order valence-corrected chi connectivity index (χ0v) is 11.2. The van der Waals surface area contributed by atoms with Crippen LogP contribution in [0.25, 0.3) is 0 Å². The molecule has 0 aliphatic heterocycles. The van der Waals surface area contributed by atoms with E-state index in [2.05, 4.69) is 18.2 Å². The predicted molar refractivity (Wildman–Crippen MR) is 73.4 cm³/mol. The van der Waals surface area contributed by atoms with Crippen molar-refractivity contribution in [3.8, 4) is 5.75 Å². The molecule has 1 spiro atoms. The van der Waals surface area contributed by atoms with Crippen LogP contribution in [-0.4, -0.2) is 12.9 Å². The number of hydrogen-bond acceptors (Lipinski definition) is 2. The van der Waals surface area contributed by atoms with Crippen molar-refractivity contribution in [3.05, 3.63) is 41.5 Å². The number of allylic oxidation sites excluding steroid dienone is 2. The second-order valence-corrected chi connectivity index (χ2v) is 6.35. The highest BCUT2D eigenvalue weighted by molar-refractivity contribution is 5.99. The Balaban J connectivity index is 1.77. The van der Waals surface area contributed by atoms with Crippen molar-refractivity contribution in [2.24, 2.45) is 17.3 Å². The lowest BCUT2D eigenvalue weighted by molar-refractivity contribution is 0.0848. The number of rotatable bonds is 1. The van der Waals surface area contributed by atoms with E-state index in [-0.39, 0.29) is 5.41 Å². The summed E-state index contributed by atoms with van der Waals surface area (Å²) in [5, 5.41) is 0. The van der Waals surface area contributed by atoms with Crippen molar-refractivity contribution >= 4 is 5.78 Å². The standard InChI is InChI=1S/C17H18O2/c1-19-14-4-5-15-12(7-14)9-17(10-16(15)18)8-11-2-3-13(17)6-11/h2-5,7,11,13H,6,8-10H2,1H3. The lowest BCUT2D eigenvalue weighted by Gasteiger charge is -2.39. The number of methoxy groups -OCH3 is 1. The van der Waals surface area contributed by atoms with Gasteiger partial charge in [0.25, 0.3) is 0 Å². The van der Waals surface area contributed by atoms with Gasteiger partial charge in [0.15, 0.2) is 5.78 Å². The molecule has 0 radical (unpaired) electrons. The van der Waals surface area contributed by atoms with Crippen LogP contribution in [0.5, 0.6) is 5.75 Å². The highest BCUT2D eigenvalue weighted by atomic mass is 16.5. The summed E-state index contributed by atoms with van der Waals surface area (Å²) in [4.78, 5) is 12.5. The molecular weight excluding hydrogens is 236 g/mol. The largest absolute Gasteiger partial charge is 0.497 e. The maximum atomic E-state index is 12.5. The summed E-state index contributed by atoms with van der Waals surface area (Å²) < 4.78 is 5.30. The molecule has 1 fully saturated rings. The monoisotopic (exact) mass is 254 g/mol. The first kappa shape index (κ1) is 11.3. The molecule has 3 unspecified atom stereocenters. The van der Waals surface area contributed by atoms with E-state index in [0.29, 0.717) is 17.6 Å². The summed E-state index contributed by atoms with van der Waals surface area (Å²) in [6, 6.07) is 5.89. The number of benzene rings is 1. The zero-order chi connectivity index (χ0) is 13.0. The molecule has 3 aliphatic rings. The third-order valence-electron chi connectivity index (χ3n) is 5.30. The second kappa shape index (κ2) is 3.72. The van der Waals surface area contributed by atoms with Crippen LogP contribution in [0.3, 0.4) is 0 Å². The molecular formula is C17H18O2. The van der Waals surface area contributed by atoms with E-state index in [0.717, 1.165) is 24.2 Å². The molecule has 4 rings (SSSR count). The van der Waals surface area contributed by atoms with Gasteiger partial charge in [-0.05, 0) is 60.3 Å². The van der Waals surface area contributed by atoms with Gasteiger partial charge in [-0.3, -0.25) is 4.79 Å². The Morgan fingerprint density at radius 2 is 2.16 bits per heavy atom. The Morgan fingerprint density at radius 3 is 2.84 bits per heavy atom. The van der Waals surface area contributed by atoms with Crippen molar-refractivity contribution < 1.29 is 9.53 Å². The first-order chi connectivity index (χ1) is 9.20. The number of ketones is 1. The molecule has 3 atom stereocenters. The molecule has 0 heterocycles. The Bertz CT molecular complexity index is 587. The van der Waals surface area contributed by atoms with Gasteiger partial charge in [0.1, 0.15) is 5.75 Å². The third kappa shape index (κ3) is 1.52. The maximum Gasteiger partial charge on any atom is 0.163 e. The van der Waals surface area contributed by atoms with Crippen LogP contribution in [0.15, 0.2) is 30.4 Å². The Labute approximate surface area is 113 Å². The normalized spacial score (nSPS) is 34.9. The molecule has 1 aromatic rings. The third-order valence-corrected chi connectivity index (χ3v) is 5.30. The first-order valence-electron chi connectivity index (χ1n) is 7.09. The topological polar surface area (TPSA) is 26.3 Å². The fourth-order valence-corrected chi connectivity index (χ4v) is 4.43. The number of carbonyl (C=O) groups excluding carboxylic acids is 1. The molecule has 0 aromatic heterocycles. The summed E-state index contributed by atoms with van der Waals surface area (Å²) in [7, 11) is 1.68. The molecule has 19 heavy (non-hydrogen) atoms. The Hall–Kier alpha value is -1.57. The molecule has 2 heteroatoms. The van der Waals surface area contributed by atoms with Crippen LogP contribution in [0.4, 0.5) is 0 Å². The molecule has 2 nitrogen and oxygen atoms in total. The van der Waals surface area contributed by atoms with Crippen LogP contribution in [0.1, 0.15) is 35.2 Å². The minimum atomic E-state index is 0.204. The van der Waals surface area contributed by atoms with Gasteiger partial charge in [-0.2, -0.15) is 0 Å². The molecule has 0 amide bonds. The molecule has 98 valence electrons. The summed E-state index contributed by atoms with van der Waals surface area (Å²) in [6.45, 7) is 0. The lowest BCUT2D eigenvalue weighted by atomic mass is 9.64. The number of Topliss-reactive ketones (excluding diaryl/α,β-unsaturated/α-hetero) is 1. The summed E-state index contributed by atoms with van der Waals surface area (Å²) >= 11 is 0. The van der Waals surface area contributed by atoms with Crippen LogP contribution in [0, 0.1) is 17.3 Å². The number of fused-ring (bicyclic) bond motifs is 4. The van der Waals surface area contributed by atoms with Gasteiger partial charge in [-0.1, -0.05) is 12.2 Å². The highest BCUT2D eigenvalue weighted by Crippen LogP contribution is 2.57. The molecule has 2 bridgehead atoms. The maximum absolute atomic E-state index is 12.5. The highest BCUT2D eigenvalue weighted by Gasteiger charge is 2.51.